The summed E-state index contributed by atoms with van der Waals surface area (Å²) >= 11 is 0. The molecule has 1 aromatic carbocycles. The summed E-state index contributed by atoms with van der Waals surface area (Å²) in [6, 6.07) is 6.81. The van der Waals surface area contributed by atoms with E-state index < -0.39 is 0 Å². The van der Waals surface area contributed by atoms with Crippen molar-refractivity contribution in [3.05, 3.63) is 35.6 Å². The van der Waals surface area contributed by atoms with Gasteiger partial charge in [0.1, 0.15) is 5.82 Å². The summed E-state index contributed by atoms with van der Waals surface area (Å²) in [5.41, 5.74) is 6.82. The molecule has 1 fully saturated rings. The highest BCUT2D eigenvalue weighted by Crippen LogP contribution is 2.48. The summed E-state index contributed by atoms with van der Waals surface area (Å²) in [6.45, 7) is 3.55. The minimum absolute atomic E-state index is 0.0145. The van der Waals surface area contributed by atoms with Gasteiger partial charge in [-0.2, -0.15) is 0 Å². The molecule has 1 aliphatic rings. The normalized spacial score (nSPS) is 17.6. The van der Waals surface area contributed by atoms with Gasteiger partial charge in [-0.15, -0.1) is 0 Å². The molecule has 4 heteroatoms. The zero-order valence-electron chi connectivity index (χ0n) is 10.7. The van der Waals surface area contributed by atoms with E-state index in [0.717, 1.165) is 31.4 Å². The molecule has 0 radical (unpaired) electrons. The molecule has 0 amide bonds. The zero-order valence-corrected chi connectivity index (χ0v) is 10.7. The Bertz CT molecular complexity index is 438. The van der Waals surface area contributed by atoms with Gasteiger partial charge in [0, 0.05) is 12.0 Å². The van der Waals surface area contributed by atoms with Gasteiger partial charge >= 0.3 is 0 Å². The minimum atomic E-state index is -0.181. The summed E-state index contributed by atoms with van der Waals surface area (Å²) in [6.07, 6.45) is 3.13. The molecule has 3 N–H and O–H groups in total. The highest BCUT2D eigenvalue weighted by atomic mass is 19.1. The van der Waals surface area contributed by atoms with Gasteiger partial charge in [-0.1, -0.05) is 19.1 Å². The van der Waals surface area contributed by atoms with E-state index in [4.69, 9.17) is 5.73 Å². The van der Waals surface area contributed by atoms with Crippen LogP contribution < -0.4 is 11.1 Å². The monoisotopic (exact) mass is 249 g/mol. The van der Waals surface area contributed by atoms with Gasteiger partial charge in [0.2, 0.25) is 0 Å². The van der Waals surface area contributed by atoms with Crippen LogP contribution in [0.2, 0.25) is 0 Å². The minimum Gasteiger partial charge on any atom is -0.370 e. The molecule has 2 rings (SSSR count). The van der Waals surface area contributed by atoms with Gasteiger partial charge in [-0.25, -0.2) is 4.39 Å². The maximum atomic E-state index is 13.2. The zero-order chi connectivity index (χ0) is 13.0. The fourth-order valence-corrected chi connectivity index (χ4v) is 2.05. The van der Waals surface area contributed by atoms with E-state index >= 15 is 0 Å². The number of nitrogens with zero attached hydrogens (tertiary/aromatic N) is 1. The third-order valence-corrected chi connectivity index (χ3v) is 3.40. The lowest BCUT2D eigenvalue weighted by atomic mass is 9.96. The van der Waals surface area contributed by atoms with E-state index in [-0.39, 0.29) is 11.2 Å². The quantitative estimate of drug-likeness (QED) is 0.620. The van der Waals surface area contributed by atoms with Gasteiger partial charge < -0.3 is 11.1 Å². The number of aliphatic imine (C=N–C) groups is 1. The van der Waals surface area contributed by atoms with Crippen molar-refractivity contribution < 1.29 is 4.39 Å². The van der Waals surface area contributed by atoms with Gasteiger partial charge in [0.05, 0.1) is 6.54 Å². The first-order valence-corrected chi connectivity index (χ1v) is 6.46. The number of nitrogens with two attached hydrogens (primary N) is 1. The van der Waals surface area contributed by atoms with Crippen molar-refractivity contribution in [1.29, 1.82) is 0 Å². The molecule has 1 aliphatic carbocycles. The lowest BCUT2D eigenvalue weighted by molar-refractivity contribution is 0.616. The predicted octanol–water partition coefficient (Wildman–Crippen LogP) is 2.17. The Hall–Kier alpha value is -1.58. The van der Waals surface area contributed by atoms with Crippen molar-refractivity contribution in [2.24, 2.45) is 10.7 Å². The Kier molecular flexibility index (Phi) is 3.84. The van der Waals surface area contributed by atoms with Crippen LogP contribution in [0.1, 0.15) is 31.7 Å². The summed E-state index contributed by atoms with van der Waals surface area (Å²) in [4.78, 5) is 4.36. The number of nitrogens with one attached hydrogen (secondary N) is 1. The molecule has 0 atom stereocenters. The topological polar surface area (TPSA) is 50.4 Å². The highest BCUT2D eigenvalue weighted by molar-refractivity contribution is 5.77. The van der Waals surface area contributed by atoms with Crippen molar-refractivity contribution in [3.8, 4) is 0 Å². The first-order chi connectivity index (χ1) is 8.66. The molecule has 0 aliphatic heterocycles. The molecule has 0 aromatic heterocycles. The van der Waals surface area contributed by atoms with E-state index in [9.17, 15) is 4.39 Å². The lowest BCUT2D eigenvalue weighted by Gasteiger charge is -2.13. The predicted molar refractivity (Wildman–Crippen MR) is 72.1 cm³/mol. The van der Waals surface area contributed by atoms with Crippen LogP contribution in [0.15, 0.2) is 29.3 Å². The average Bonchev–Trinajstić information content (AvgIpc) is 3.15. The number of guanidine groups is 1. The molecule has 0 saturated heterocycles. The van der Waals surface area contributed by atoms with Crippen molar-refractivity contribution >= 4 is 5.96 Å². The van der Waals surface area contributed by atoms with Crippen LogP contribution in [0.3, 0.4) is 0 Å². The van der Waals surface area contributed by atoms with Crippen LogP contribution in [0.4, 0.5) is 4.39 Å². The standard InChI is InChI=1S/C14H20FN3/c1-2-8-17-13(16)18-10-14(6-7-14)11-4-3-5-12(15)9-11/h3-5,9H,2,6-8,10H2,1H3,(H3,16,17,18). The van der Waals surface area contributed by atoms with E-state index in [1.165, 1.54) is 6.07 Å². The van der Waals surface area contributed by atoms with Crippen LogP contribution in [0.25, 0.3) is 0 Å². The number of hydrogen-bond donors (Lipinski definition) is 2. The fourth-order valence-electron chi connectivity index (χ4n) is 2.05. The van der Waals surface area contributed by atoms with Crippen molar-refractivity contribution in [2.45, 2.75) is 31.6 Å². The molecule has 0 spiro atoms. The molecular formula is C14H20FN3. The average molecular weight is 249 g/mol. The molecule has 98 valence electrons. The maximum Gasteiger partial charge on any atom is 0.188 e. The molecule has 1 saturated carbocycles. The van der Waals surface area contributed by atoms with E-state index in [0.29, 0.717) is 12.5 Å². The second-order valence-corrected chi connectivity index (χ2v) is 4.92. The van der Waals surface area contributed by atoms with Crippen molar-refractivity contribution in [2.75, 3.05) is 13.1 Å². The molecule has 0 unspecified atom stereocenters. The Labute approximate surface area is 107 Å². The molecule has 0 heterocycles. The smallest absolute Gasteiger partial charge is 0.188 e. The SMILES string of the molecule is CCCNC(N)=NCC1(c2cccc(F)c2)CC1. The van der Waals surface area contributed by atoms with Crippen LogP contribution in [-0.4, -0.2) is 19.0 Å². The highest BCUT2D eigenvalue weighted by Gasteiger charge is 2.44. The number of rotatable bonds is 5. The second-order valence-electron chi connectivity index (χ2n) is 4.92. The Morgan fingerprint density at radius 2 is 2.28 bits per heavy atom. The molecule has 3 nitrogen and oxygen atoms in total. The van der Waals surface area contributed by atoms with Crippen LogP contribution >= 0.6 is 0 Å². The van der Waals surface area contributed by atoms with Crippen LogP contribution in [0, 0.1) is 5.82 Å². The van der Waals surface area contributed by atoms with E-state index in [1.807, 2.05) is 6.07 Å². The van der Waals surface area contributed by atoms with Gasteiger partial charge in [-0.3, -0.25) is 4.99 Å². The van der Waals surface area contributed by atoms with Gasteiger partial charge in [0.25, 0.3) is 0 Å². The lowest BCUT2D eigenvalue weighted by Crippen LogP contribution is -2.33. The summed E-state index contributed by atoms with van der Waals surface area (Å²) in [5, 5.41) is 3.05. The van der Waals surface area contributed by atoms with Crippen molar-refractivity contribution in [1.82, 2.24) is 5.32 Å². The number of benzene rings is 1. The van der Waals surface area contributed by atoms with Crippen LogP contribution in [-0.2, 0) is 5.41 Å². The fraction of sp³-hybridized carbons (Fsp3) is 0.500. The summed E-state index contributed by atoms with van der Waals surface area (Å²) in [7, 11) is 0. The molecule has 18 heavy (non-hydrogen) atoms. The Morgan fingerprint density at radius 3 is 2.89 bits per heavy atom. The molecular weight excluding hydrogens is 229 g/mol. The van der Waals surface area contributed by atoms with Gasteiger partial charge in [0.15, 0.2) is 5.96 Å². The number of hydrogen-bond acceptors (Lipinski definition) is 1. The summed E-state index contributed by atoms with van der Waals surface area (Å²) < 4.78 is 13.2. The van der Waals surface area contributed by atoms with Gasteiger partial charge in [-0.05, 0) is 37.0 Å². The first kappa shape index (κ1) is 12.9. The van der Waals surface area contributed by atoms with Crippen LogP contribution in [0.5, 0.6) is 0 Å². The van der Waals surface area contributed by atoms with E-state index in [1.54, 1.807) is 12.1 Å². The summed E-state index contributed by atoms with van der Waals surface area (Å²) in [5.74, 6) is 0.305. The molecule has 1 aromatic rings. The third-order valence-electron chi connectivity index (χ3n) is 3.40. The Balaban J connectivity index is 2.00. The Morgan fingerprint density at radius 1 is 1.50 bits per heavy atom. The molecule has 0 bridgehead atoms. The van der Waals surface area contributed by atoms with Crippen molar-refractivity contribution in [3.63, 3.8) is 0 Å². The maximum absolute atomic E-state index is 13.2. The largest absolute Gasteiger partial charge is 0.370 e. The number of halogens is 1. The van der Waals surface area contributed by atoms with E-state index in [2.05, 4.69) is 17.2 Å². The first-order valence-electron chi connectivity index (χ1n) is 6.46. The second kappa shape index (κ2) is 5.38. The third kappa shape index (κ3) is 3.00.